The summed E-state index contributed by atoms with van der Waals surface area (Å²) in [5.74, 6) is -0.926. The van der Waals surface area contributed by atoms with Gasteiger partial charge in [-0.2, -0.15) is 0 Å². The molecule has 0 radical (unpaired) electrons. The SMILES string of the molecule is COc1ccc([C@@H]2/C(=C(\O)c3ccccc3)C(=O)C(=O)N2CCO)c(OC)c1. The van der Waals surface area contributed by atoms with Crippen molar-refractivity contribution in [2.75, 3.05) is 27.4 Å². The first-order valence-electron chi connectivity index (χ1n) is 8.70. The lowest BCUT2D eigenvalue weighted by atomic mass is 9.94. The molecule has 146 valence electrons. The molecule has 1 amide bonds. The maximum atomic E-state index is 12.8. The van der Waals surface area contributed by atoms with Gasteiger partial charge in [-0.3, -0.25) is 9.59 Å². The molecule has 0 saturated carbocycles. The molecule has 0 aromatic heterocycles. The van der Waals surface area contributed by atoms with Gasteiger partial charge in [0.2, 0.25) is 0 Å². The minimum absolute atomic E-state index is 0.0480. The number of ether oxygens (including phenoxy) is 2. The molecule has 1 aliphatic rings. The topological polar surface area (TPSA) is 96.3 Å². The third-order valence-corrected chi connectivity index (χ3v) is 4.66. The van der Waals surface area contributed by atoms with Crippen LogP contribution in [0.1, 0.15) is 17.2 Å². The van der Waals surface area contributed by atoms with E-state index in [9.17, 15) is 19.8 Å². The first-order valence-corrected chi connectivity index (χ1v) is 8.70. The Morgan fingerprint density at radius 3 is 2.39 bits per heavy atom. The first-order chi connectivity index (χ1) is 13.5. The molecule has 1 heterocycles. The summed E-state index contributed by atoms with van der Waals surface area (Å²) >= 11 is 0. The predicted octanol–water partition coefficient (Wildman–Crippen LogP) is 2.12. The quantitative estimate of drug-likeness (QED) is 0.451. The normalized spacial score (nSPS) is 18.4. The summed E-state index contributed by atoms with van der Waals surface area (Å²) in [6.45, 7) is -0.386. The van der Waals surface area contributed by atoms with Crippen molar-refractivity contribution in [2.45, 2.75) is 6.04 Å². The van der Waals surface area contributed by atoms with E-state index in [1.807, 2.05) is 0 Å². The number of aliphatic hydroxyl groups is 2. The molecule has 28 heavy (non-hydrogen) atoms. The number of β-amino-alcohol motifs (C(OH)–C–C–N with tert-alkyl or cyclic N) is 1. The number of hydrogen-bond acceptors (Lipinski definition) is 6. The molecular formula is C21H21NO6. The van der Waals surface area contributed by atoms with Crippen LogP contribution < -0.4 is 9.47 Å². The zero-order valence-corrected chi connectivity index (χ0v) is 15.6. The number of hydrogen-bond donors (Lipinski definition) is 2. The van der Waals surface area contributed by atoms with Gasteiger partial charge >= 0.3 is 0 Å². The van der Waals surface area contributed by atoms with E-state index in [1.165, 1.54) is 19.1 Å². The summed E-state index contributed by atoms with van der Waals surface area (Å²) < 4.78 is 10.6. The van der Waals surface area contributed by atoms with Crippen molar-refractivity contribution in [3.63, 3.8) is 0 Å². The van der Waals surface area contributed by atoms with Crippen LogP contribution in [0.25, 0.3) is 5.76 Å². The molecule has 0 aliphatic carbocycles. The summed E-state index contributed by atoms with van der Waals surface area (Å²) in [6, 6.07) is 12.6. The highest BCUT2D eigenvalue weighted by molar-refractivity contribution is 6.46. The van der Waals surface area contributed by atoms with Crippen molar-refractivity contribution in [1.29, 1.82) is 0 Å². The van der Waals surface area contributed by atoms with E-state index in [0.717, 1.165) is 0 Å². The number of amides is 1. The Kier molecular flexibility index (Phi) is 5.65. The van der Waals surface area contributed by atoms with Crippen LogP contribution in [0.5, 0.6) is 11.5 Å². The summed E-state index contributed by atoms with van der Waals surface area (Å²) in [4.78, 5) is 26.6. The second kappa shape index (κ2) is 8.14. The van der Waals surface area contributed by atoms with Gasteiger partial charge in [-0.25, -0.2) is 0 Å². The summed E-state index contributed by atoms with van der Waals surface area (Å²) in [7, 11) is 2.98. The van der Waals surface area contributed by atoms with Gasteiger partial charge in [0.15, 0.2) is 0 Å². The third-order valence-electron chi connectivity index (χ3n) is 4.66. The second-order valence-corrected chi connectivity index (χ2v) is 6.19. The highest BCUT2D eigenvalue weighted by atomic mass is 16.5. The van der Waals surface area contributed by atoms with Gasteiger partial charge < -0.3 is 24.6 Å². The van der Waals surface area contributed by atoms with Crippen LogP contribution in [0.3, 0.4) is 0 Å². The molecule has 0 unspecified atom stereocenters. The van der Waals surface area contributed by atoms with E-state index in [1.54, 1.807) is 48.5 Å². The van der Waals surface area contributed by atoms with Gasteiger partial charge in [0.1, 0.15) is 17.3 Å². The Bertz CT molecular complexity index is 922. The summed E-state index contributed by atoms with van der Waals surface area (Å²) in [6.07, 6.45) is 0. The monoisotopic (exact) mass is 383 g/mol. The number of carbonyl (C=O) groups excluding carboxylic acids is 2. The summed E-state index contributed by atoms with van der Waals surface area (Å²) in [5.41, 5.74) is 0.878. The van der Waals surface area contributed by atoms with Crippen molar-refractivity contribution in [3.8, 4) is 11.5 Å². The van der Waals surface area contributed by atoms with Crippen LogP contribution in [-0.2, 0) is 9.59 Å². The molecular weight excluding hydrogens is 362 g/mol. The molecule has 1 fully saturated rings. The Morgan fingerprint density at radius 2 is 1.79 bits per heavy atom. The minimum Gasteiger partial charge on any atom is -0.507 e. The van der Waals surface area contributed by atoms with Crippen molar-refractivity contribution in [2.24, 2.45) is 0 Å². The molecule has 2 aromatic rings. The summed E-state index contributed by atoms with van der Waals surface area (Å²) in [5, 5.41) is 20.3. The van der Waals surface area contributed by atoms with Crippen molar-refractivity contribution >= 4 is 17.4 Å². The molecule has 1 atom stereocenters. The van der Waals surface area contributed by atoms with Crippen LogP contribution in [0, 0.1) is 0 Å². The van der Waals surface area contributed by atoms with E-state index in [4.69, 9.17) is 9.47 Å². The van der Waals surface area contributed by atoms with Gasteiger partial charge in [0, 0.05) is 23.7 Å². The molecule has 0 bridgehead atoms. The van der Waals surface area contributed by atoms with Crippen LogP contribution in [-0.4, -0.2) is 54.2 Å². The predicted molar refractivity (Wildman–Crippen MR) is 102 cm³/mol. The van der Waals surface area contributed by atoms with Gasteiger partial charge in [-0.15, -0.1) is 0 Å². The zero-order chi connectivity index (χ0) is 20.3. The fraction of sp³-hybridized carbons (Fsp3) is 0.238. The molecule has 1 aliphatic heterocycles. The maximum Gasteiger partial charge on any atom is 0.295 e. The average molecular weight is 383 g/mol. The van der Waals surface area contributed by atoms with Gasteiger partial charge in [-0.05, 0) is 12.1 Å². The lowest BCUT2D eigenvalue weighted by Gasteiger charge is -2.26. The van der Waals surface area contributed by atoms with E-state index in [2.05, 4.69) is 0 Å². The van der Waals surface area contributed by atoms with Crippen LogP contribution in [0.4, 0.5) is 0 Å². The van der Waals surface area contributed by atoms with Crippen LogP contribution in [0.2, 0.25) is 0 Å². The van der Waals surface area contributed by atoms with Gasteiger partial charge in [0.25, 0.3) is 11.7 Å². The highest BCUT2D eigenvalue weighted by Gasteiger charge is 2.46. The zero-order valence-electron chi connectivity index (χ0n) is 15.6. The largest absolute Gasteiger partial charge is 0.507 e. The number of carbonyl (C=O) groups is 2. The van der Waals surface area contributed by atoms with E-state index < -0.39 is 17.7 Å². The Hall–Kier alpha value is -3.32. The minimum atomic E-state index is -0.895. The molecule has 1 saturated heterocycles. The second-order valence-electron chi connectivity index (χ2n) is 6.19. The molecule has 2 aromatic carbocycles. The van der Waals surface area contributed by atoms with Crippen LogP contribution >= 0.6 is 0 Å². The molecule has 7 heteroatoms. The molecule has 3 rings (SSSR count). The number of likely N-dealkylation sites (tertiary alicyclic amines) is 1. The molecule has 2 N–H and O–H groups in total. The lowest BCUT2D eigenvalue weighted by Crippen LogP contribution is -2.32. The number of Topliss-reactive ketones (excluding diaryl/α,β-unsaturated/α-hetero) is 1. The Balaban J connectivity index is 2.23. The smallest absolute Gasteiger partial charge is 0.295 e. The number of rotatable bonds is 6. The van der Waals surface area contributed by atoms with E-state index >= 15 is 0 Å². The number of benzene rings is 2. The third kappa shape index (κ3) is 3.32. The van der Waals surface area contributed by atoms with Crippen LogP contribution in [0.15, 0.2) is 54.1 Å². The number of nitrogens with zero attached hydrogens (tertiary/aromatic N) is 1. The van der Waals surface area contributed by atoms with Crippen molar-refractivity contribution in [3.05, 3.63) is 65.2 Å². The number of aliphatic hydroxyl groups excluding tert-OH is 2. The van der Waals surface area contributed by atoms with Gasteiger partial charge in [-0.1, -0.05) is 30.3 Å². The molecule has 7 nitrogen and oxygen atoms in total. The van der Waals surface area contributed by atoms with Gasteiger partial charge in [0.05, 0.1) is 32.4 Å². The fourth-order valence-electron chi connectivity index (χ4n) is 3.34. The van der Waals surface area contributed by atoms with Crippen molar-refractivity contribution < 1.29 is 29.3 Å². The van der Waals surface area contributed by atoms with Crippen molar-refractivity contribution in [1.82, 2.24) is 4.90 Å². The maximum absolute atomic E-state index is 12.8. The lowest BCUT2D eigenvalue weighted by molar-refractivity contribution is -0.140. The fourth-order valence-corrected chi connectivity index (χ4v) is 3.34. The number of methoxy groups -OCH3 is 2. The number of ketones is 1. The van der Waals surface area contributed by atoms with E-state index in [0.29, 0.717) is 22.6 Å². The Morgan fingerprint density at radius 1 is 1.07 bits per heavy atom. The average Bonchev–Trinajstić information content (AvgIpc) is 2.98. The highest BCUT2D eigenvalue weighted by Crippen LogP contribution is 2.43. The standard InChI is InChI=1S/C21H21NO6/c1-27-14-8-9-15(16(12-14)28-2)18-17(19(24)13-6-4-3-5-7-13)20(25)21(26)22(18)10-11-23/h3-9,12,18,23-24H,10-11H2,1-2H3/b19-17+/t18-/m1/s1. The van der Waals surface area contributed by atoms with E-state index in [-0.39, 0.29) is 24.5 Å². The first kappa shape index (κ1) is 19.4. The Labute approximate surface area is 162 Å². The molecule has 0 spiro atoms.